The molecule has 0 atom stereocenters. The van der Waals surface area contributed by atoms with Crippen molar-refractivity contribution in [3.8, 4) is 22.3 Å². The number of rotatable bonds is 1. The van der Waals surface area contributed by atoms with Gasteiger partial charge in [-0.2, -0.15) is 0 Å². The Labute approximate surface area is 136 Å². The predicted octanol–water partition coefficient (Wildman–Crippen LogP) is 6.11. The Morgan fingerprint density at radius 3 is 2.26 bits per heavy atom. The van der Waals surface area contributed by atoms with Gasteiger partial charge in [0.2, 0.25) is 0 Å². The van der Waals surface area contributed by atoms with E-state index >= 15 is 0 Å². The second kappa shape index (κ2) is 4.79. The van der Waals surface area contributed by atoms with Crippen LogP contribution in [0.1, 0.15) is 30.5 Å². The zero-order valence-electron chi connectivity index (χ0n) is 13.7. The first kappa shape index (κ1) is 14.2. The van der Waals surface area contributed by atoms with Crippen LogP contribution in [-0.2, 0) is 5.41 Å². The fourth-order valence-electron chi connectivity index (χ4n) is 3.89. The number of aryl methyl sites for hydroxylation is 1. The van der Waals surface area contributed by atoms with Crippen LogP contribution in [0.15, 0.2) is 60.7 Å². The molecule has 0 saturated heterocycles. The highest BCUT2D eigenvalue weighted by Gasteiger charge is 2.36. The molecule has 4 rings (SSSR count). The summed E-state index contributed by atoms with van der Waals surface area (Å²) in [5.74, 6) is -0.178. The van der Waals surface area contributed by atoms with Crippen molar-refractivity contribution >= 4 is 0 Å². The Bertz CT molecular complexity index is 899. The predicted molar refractivity (Wildman–Crippen MR) is 94.1 cm³/mol. The first-order valence-corrected chi connectivity index (χ1v) is 7.99. The molecule has 1 aliphatic rings. The van der Waals surface area contributed by atoms with E-state index in [4.69, 9.17) is 0 Å². The Morgan fingerprint density at radius 1 is 0.783 bits per heavy atom. The topological polar surface area (TPSA) is 0 Å². The molecule has 3 aromatic carbocycles. The van der Waals surface area contributed by atoms with Gasteiger partial charge in [-0.3, -0.25) is 0 Å². The summed E-state index contributed by atoms with van der Waals surface area (Å²) in [4.78, 5) is 0. The van der Waals surface area contributed by atoms with Crippen molar-refractivity contribution in [1.82, 2.24) is 0 Å². The number of hydrogen-bond donors (Lipinski definition) is 0. The first-order valence-electron chi connectivity index (χ1n) is 7.99. The van der Waals surface area contributed by atoms with Crippen LogP contribution in [0, 0.1) is 12.7 Å². The molecule has 0 N–H and O–H groups in total. The van der Waals surface area contributed by atoms with Gasteiger partial charge < -0.3 is 0 Å². The molecule has 1 aliphatic carbocycles. The van der Waals surface area contributed by atoms with Gasteiger partial charge in [0.25, 0.3) is 0 Å². The molecule has 0 spiro atoms. The van der Waals surface area contributed by atoms with Gasteiger partial charge in [-0.1, -0.05) is 62.4 Å². The van der Waals surface area contributed by atoms with E-state index in [0.717, 1.165) is 16.7 Å². The largest absolute Gasteiger partial charge is 0.207 e. The minimum Gasteiger partial charge on any atom is -0.207 e. The average Bonchev–Trinajstić information content (AvgIpc) is 2.75. The van der Waals surface area contributed by atoms with Gasteiger partial charge in [0.05, 0.1) is 0 Å². The second-order valence-electron chi connectivity index (χ2n) is 6.92. The van der Waals surface area contributed by atoms with Crippen LogP contribution in [0.3, 0.4) is 0 Å². The summed E-state index contributed by atoms with van der Waals surface area (Å²) in [6.07, 6.45) is 0. The van der Waals surface area contributed by atoms with Gasteiger partial charge in [0, 0.05) is 5.41 Å². The molecule has 0 bridgehead atoms. The second-order valence-corrected chi connectivity index (χ2v) is 6.92. The quantitative estimate of drug-likeness (QED) is 0.509. The van der Waals surface area contributed by atoms with E-state index in [-0.39, 0.29) is 11.2 Å². The van der Waals surface area contributed by atoms with E-state index in [2.05, 4.69) is 62.4 Å². The summed E-state index contributed by atoms with van der Waals surface area (Å²) >= 11 is 0. The summed E-state index contributed by atoms with van der Waals surface area (Å²) in [5, 5.41) is 0. The minimum absolute atomic E-state index is 0.0235. The van der Waals surface area contributed by atoms with Crippen LogP contribution in [0.25, 0.3) is 22.3 Å². The Balaban J connectivity index is 2.06. The Kier molecular flexibility index (Phi) is 2.96. The van der Waals surface area contributed by atoms with Gasteiger partial charge in [0.1, 0.15) is 5.82 Å². The highest BCUT2D eigenvalue weighted by molar-refractivity contribution is 5.92. The van der Waals surface area contributed by atoms with Crippen LogP contribution < -0.4 is 0 Å². The average molecular weight is 302 g/mol. The van der Waals surface area contributed by atoms with Crippen molar-refractivity contribution in [3.05, 3.63) is 83.2 Å². The van der Waals surface area contributed by atoms with Crippen LogP contribution >= 0.6 is 0 Å². The molecule has 0 unspecified atom stereocenters. The van der Waals surface area contributed by atoms with Gasteiger partial charge in [-0.15, -0.1) is 0 Å². The Morgan fingerprint density at radius 2 is 1.48 bits per heavy atom. The maximum atomic E-state index is 13.9. The smallest absolute Gasteiger partial charge is 0.124 e. The van der Waals surface area contributed by atoms with E-state index in [9.17, 15) is 4.39 Å². The van der Waals surface area contributed by atoms with E-state index in [1.54, 1.807) is 12.1 Å². The van der Waals surface area contributed by atoms with Gasteiger partial charge >= 0.3 is 0 Å². The Hall–Kier alpha value is -2.41. The van der Waals surface area contributed by atoms with Gasteiger partial charge in [0.15, 0.2) is 0 Å². The molecule has 0 nitrogen and oxygen atoms in total. The lowest BCUT2D eigenvalue weighted by Gasteiger charge is -2.21. The van der Waals surface area contributed by atoms with E-state index < -0.39 is 0 Å². The third-order valence-corrected chi connectivity index (χ3v) is 4.96. The first-order chi connectivity index (χ1) is 11.0. The van der Waals surface area contributed by atoms with Crippen molar-refractivity contribution in [2.24, 2.45) is 0 Å². The molecule has 0 saturated carbocycles. The summed E-state index contributed by atoms with van der Waals surface area (Å²) in [5.41, 5.74) is 8.17. The zero-order chi connectivity index (χ0) is 16.2. The minimum atomic E-state index is -0.178. The van der Waals surface area contributed by atoms with Crippen LogP contribution in [0.5, 0.6) is 0 Å². The molecule has 1 heteroatoms. The van der Waals surface area contributed by atoms with Crippen LogP contribution in [0.4, 0.5) is 4.39 Å². The highest BCUT2D eigenvalue weighted by atomic mass is 19.1. The van der Waals surface area contributed by atoms with Crippen molar-refractivity contribution in [1.29, 1.82) is 0 Å². The summed E-state index contributed by atoms with van der Waals surface area (Å²) in [6, 6.07) is 20.2. The van der Waals surface area contributed by atoms with Gasteiger partial charge in [-0.05, 0) is 58.0 Å². The lowest BCUT2D eigenvalue weighted by atomic mass is 9.82. The lowest BCUT2D eigenvalue weighted by molar-refractivity contribution is 0.627. The summed E-state index contributed by atoms with van der Waals surface area (Å²) in [7, 11) is 0. The van der Waals surface area contributed by atoms with E-state index in [1.165, 1.54) is 22.3 Å². The number of fused-ring (bicyclic) bond motifs is 3. The maximum Gasteiger partial charge on any atom is 0.124 e. The van der Waals surface area contributed by atoms with Crippen LogP contribution in [0.2, 0.25) is 0 Å². The number of halogens is 1. The monoisotopic (exact) mass is 302 g/mol. The standard InChI is InChI=1S/C22H19F/c1-14-11-15(13-16(23)12-14)17-8-6-10-20-21(17)18-7-4-5-9-19(18)22(20,2)3/h4-13H,1-3H3. The normalized spacial score (nSPS) is 14.4. The molecule has 0 heterocycles. The molecule has 0 amide bonds. The molecule has 0 aliphatic heterocycles. The molecule has 23 heavy (non-hydrogen) atoms. The van der Waals surface area contributed by atoms with E-state index in [0.29, 0.717) is 0 Å². The van der Waals surface area contributed by atoms with E-state index in [1.807, 2.05) is 6.92 Å². The molecular formula is C22H19F. The number of hydrogen-bond acceptors (Lipinski definition) is 0. The summed E-state index contributed by atoms with van der Waals surface area (Å²) in [6.45, 7) is 6.46. The molecule has 3 aromatic rings. The molecular weight excluding hydrogens is 283 g/mol. The highest BCUT2D eigenvalue weighted by Crippen LogP contribution is 2.51. The van der Waals surface area contributed by atoms with Crippen molar-refractivity contribution in [2.45, 2.75) is 26.2 Å². The van der Waals surface area contributed by atoms with Crippen molar-refractivity contribution in [2.75, 3.05) is 0 Å². The fraction of sp³-hybridized carbons (Fsp3) is 0.182. The summed E-state index contributed by atoms with van der Waals surface area (Å²) < 4.78 is 13.9. The van der Waals surface area contributed by atoms with Crippen LogP contribution in [-0.4, -0.2) is 0 Å². The molecule has 0 fully saturated rings. The zero-order valence-corrected chi connectivity index (χ0v) is 13.7. The van der Waals surface area contributed by atoms with Crippen molar-refractivity contribution in [3.63, 3.8) is 0 Å². The molecule has 0 radical (unpaired) electrons. The van der Waals surface area contributed by atoms with Gasteiger partial charge in [-0.25, -0.2) is 4.39 Å². The third-order valence-electron chi connectivity index (χ3n) is 4.96. The maximum absolute atomic E-state index is 13.9. The number of benzene rings is 3. The molecule has 0 aromatic heterocycles. The third kappa shape index (κ3) is 2.03. The van der Waals surface area contributed by atoms with Crippen molar-refractivity contribution < 1.29 is 4.39 Å². The SMILES string of the molecule is Cc1cc(F)cc(-c2cccc3c2-c2ccccc2C3(C)C)c1. The fourth-order valence-corrected chi connectivity index (χ4v) is 3.89. The lowest BCUT2D eigenvalue weighted by Crippen LogP contribution is -2.14. The molecule has 114 valence electrons.